The van der Waals surface area contributed by atoms with Gasteiger partial charge in [0.15, 0.2) is 0 Å². The predicted molar refractivity (Wildman–Crippen MR) is 80.4 cm³/mol. The summed E-state index contributed by atoms with van der Waals surface area (Å²) in [7, 11) is 0. The van der Waals surface area contributed by atoms with Gasteiger partial charge in [-0.15, -0.1) is 0 Å². The van der Waals surface area contributed by atoms with Gasteiger partial charge in [-0.3, -0.25) is 9.69 Å². The van der Waals surface area contributed by atoms with E-state index in [0.717, 1.165) is 24.3 Å². The first-order valence-corrected chi connectivity index (χ1v) is 7.06. The highest BCUT2D eigenvalue weighted by Crippen LogP contribution is 2.19. The molecule has 1 N–H and O–H groups in total. The lowest BCUT2D eigenvalue weighted by atomic mass is 10.1. The molecule has 4 nitrogen and oxygen atoms in total. The Kier molecular flexibility index (Phi) is 6.52. The molecule has 0 spiro atoms. The van der Waals surface area contributed by atoms with Gasteiger partial charge in [-0.05, 0) is 51.3 Å². The molecule has 0 amide bonds. The molecule has 0 bridgehead atoms. The largest absolute Gasteiger partial charge is 0.493 e. The average molecular weight is 279 g/mol. The molecular weight excluding hydrogens is 254 g/mol. The standard InChI is InChI=1S/C16H25NO3/c1-12(2)17(11-16(18)19)8-5-9-20-15-10-13(3)6-7-14(15)4/h6-7,10,12H,5,8-9,11H2,1-4H3,(H,18,19). The van der Waals surface area contributed by atoms with Gasteiger partial charge in [-0.1, -0.05) is 12.1 Å². The number of carboxylic acids is 1. The van der Waals surface area contributed by atoms with E-state index in [1.54, 1.807) is 0 Å². The molecule has 0 fully saturated rings. The third kappa shape index (κ3) is 5.61. The number of hydrogen-bond acceptors (Lipinski definition) is 3. The second-order valence-electron chi connectivity index (χ2n) is 5.43. The van der Waals surface area contributed by atoms with Crippen LogP contribution < -0.4 is 4.74 Å². The monoisotopic (exact) mass is 279 g/mol. The molecular formula is C16H25NO3. The van der Waals surface area contributed by atoms with E-state index < -0.39 is 5.97 Å². The van der Waals surface area contributed by atoms with Crippen LogP contribution in [0, 0.1) is 13.8 Å². The Hall–Kier alpha value is -1.55. The van der Waals surface area contributed by atoms with Crippen molar-refractivity contribution in [2.24, 2.45) is 0 Å². The number of aryl methyl sites for hydroxylation is 2. The van der Waals surface area contributed by atoms with Crippen LogP contribution in [0.25, 0.3) is 0 Å². The molecule has 112 valence electrons. The van der Waals surface area contributed by atoms with Gasteiger partial charge in [0.2, 0.25) is 0 Å². The van der Waals surface area contributed by atoms with E-state index >= 15 is 0 Å². The maximum absolute atomic E-state index is 10.8. The molecule has 1 rings (SSSR count). The summed E-state index contributed by atoms with van der Waals surface area (Å²) >= 11 is 0. The van der Waals surface area contributed by atoms with Crippen molar-refractivity contribution in [2.75, 3.05) is 19.7 Å². The molecule has 0 aliphatic carbocycles. The van der Waals surface area contributed by atoms with Gasteiger partial charge in [-0.25, -0.2) is 0 Å². The molecule has 0 aliphatic rings. The van der Waals surface area contributed by atoms with Crippen LogP contribution in [0.3, 0.4) is 0 Å². The summed E-state index contributed by atoms with van der Waals surface area (Å²) in [6.45, 7) is 9.51. The van der Waals surface area contributed by atoms with Crippen molar-refractivity contribution in [3.8, 4) is 5.75 Å². The Bertz CT molecular complexity index is 443. The Labute approximate surface area is 121 Å². The highest BCUT2D eigenvalue weighted by atomic mass is 16.5. The van der Waals surface area contributed by atoms with Gasteiger partial charge in [0.1, 0.15) is 5.75 Å². The zero-order chi connectivity index (χ0) is 15.1. The lowest BCUT2D eigenvalue weighted by Crippen LogP contribution is -2.36. The van der Waals surface area contributed by atoms with Crippen molar-refractivity contribution in [1.29, 1.82) is 0 Å². The third-order valence-electron chi connectivity index (χ3n) is 3.26. The van der Waals surface area contributed by atoms with Gasteiger partial charge in [0.05, 0.1) is 13.2 Å². The van der Waals surface area contributed by atoms with E-state index in [0.29, 0.717) is 6.61 Å². The molecule has 4 heteroatoms. The van der Waals surface area contributed by atoms with Gasteiger partial charge in [-0.2, -0.15) is 0 Å². The molecule has 0 saturated heterocycles. The van der Waals surface area contributed by atoms with E-state index in [9.17, 15) is 4.79 Å². The Balaban J connectivity index is 2.40. The molecule has 0 saturated carbocycles. The normalized spacial score (nSPS) is 11.1. The first kappa shape index (κ1) is 16.5. The molecule has 0 radical (unpaired) electrons. The topological polar surface area (TPSA) is 49.8 Å². The van der Waals surface area contributed by atoms with Crippen LogP contribution in [0.15, 0.2) is 18.2 Å². The molecule has 0 unspecified atom stereocenters. The van der Waals surface area contributed by atoms with Crippen molar-refractivity contribution >= 4 is 5.97 Å². The zero-order valence-electron chi connectivity index (χ0n) is 12.8. The molecule has 0 aliphatic heterocycles. The van der Waals surface area contributed by atoms with E-state index in [2.05, 4.69) is 12.1 Å². The maximum Gasteiger partial charge on any atom is 0.317 e. The van der Waals surface area contributed by atoms with Gasteiger partial charge in [0, 0.05) is 12.6 Å². The fourth-order valence-corrected chi connectivity index (χ4v) is 2.01. The molecule has 0 heterocycles. The van der Waals surface area contributed by atoms with Crippen LogP contribution >= 0.6 is 0 Å². The van der Waals surface area contributed by atoms with Crippen LogP contribution in [0.2, 0.25) is 0 Å². The lowest BCUT2D eigenvalue weighted by molar-refractivity contribution is -0.138. The maximum atomic E-state index is 10.8. The summed E-state index contributed by atoms with van der Waals surface area (Å²) in [5.41, 5.74) is 2.31. The quantitative estimate of drug-likeness (QED) is 0.743. The Morgan fingerprint density at radius 2 is 2.05 bits per heavy atom. The van der Waals surface area contributed by atoms with Crippen molar-refractivity contribution in [2.45, 2.75) is 40.2 Å². The van der Waals surface area contributed by atoms with Crippen molar-refractivity contribution in [3.63, 3.8) is 0 Å². The van der Waals surface area contributed by atoms with Crippen LogP contribution in [0.1, 0.15) is 31.4 Å². The van der Waals surface area contributed by atoms with E-state index in [1.165, 1.54) is 5.56 Å². The van der Waals surface area contributed by atoms with Crippen LogP contribution in [0.5, 0.6) is 5.75 Å². The zero-order valence-corrected chi connectivity index (χ0v) is 12.8. The minimum atomic E-state index is -0.783. The number of hydrogen-bond donors (Lipinski definition) is 1. The van der Waals surface area contributed by atoms with Crippen LogP contribution in [-0.4, -0.2) is 41.7 Å². The number of carboxylic acid groups (broad SMARTS) is 1. The minimum absolute atomic E-state index is 0.0845. The Morgan fingerprint density at radius 3 is 2.65 bits per heavy atom. The molecule has 20 heavy (non-hydrogen) atoms. The van der Waals surface area contributed by atoms with Crippen LogP contribution in [0.4, 0.5) is 0 Å². The fourth-order valence-electron chi connectivity index (χ4n) is 2.01. The molecule has 1 aromatic carbocycles. The summed E-state index contributed by atoms with van der Waals surface area (Å²) in [5.74, 6) is 0.133. The molecule has 0 atom stereocenters. The number of carbonyl (C=O) groups is 1. The second-order valence-corrected chi connectivity index (χ2v) is 5.43. The van der Waals surface area contributed by atoms with E-state index in [4.69, 9.17) is 9.84 Å². The first-order valence-electron chi connectivity index (χ1n) is 7.06. The SMILES string of the molecule is Cc1ccc(C)c(OCCCN(CC(=O)O)C(C)C)c1. The van der Waals surface area contributed by atoms with E-state index in [1.807, 2.05) is 38.7 Å². The minimum Gasteiger partial charge on any atom is -0.493 e. The van der Waals surface area contributed by atoms with Crippen LogP contribution in [-0.2, 0) is 4.79 Å². The van der Waals surface area contributed by atoms with Gasteiger partial charge < -0.3 is 9.84 Å². The first-order chi connectivity index (χ1) is 9.40. The van der Waals surface area contributed by atoms with E-state index in [-0.39, 0.29) is 12.6 Å². The van der Waals surface area contributed by atoms with Gasteiger partial charge in [0.25, 0.3) is 0 Å². The predicted octanol–water partition coefficient (Wildman–Crippen LogP) is 2.87. The average Bonchev–Trinajstić information content (AvgIpc) is 2.36. The number of rotatable bonds is 8. The summed E-state index contributed by atoms with van der Waals surface area (Å²) in [6, 6.07) is 6.38. The van der Waals surface area contributed by atoms with Gasteiger partial charge >= 0.3 is 5.97 Å². The summed E-state index contributed by atoms with van der Waals surface area (Å²) in [6.07, 6.45) is 0.818. The molecule has 1 aromatic rings. The Morgan fingerprint density at radius 1 is 1.35 bits per heavy atom. The number of ether oxygens (including phenoxy) is 1. The summed E-state index contributed by atoms with van der Waals surface area (Å²) in [5, 5.41) is 8.86. The number of benzene rings is 1. The highest BCUT2D eigenvalue weighted by molar-refractivity contribution is 5.69. The fraction of sp³-hybridized carbons (Fsp3) is 0.562. The second kappa shape index (κ2) is 7.90. The third-order valence-corrected chi connectivity index (χ3v) is 3.26. The summed E-state index contributed by atoms with van der Waals surface area (Å²) in [4.78, 5) is 12.7. The van der Waals surface area contributed by atoms with Crippen molar-refractivity contribution < 1.29 is 14.6 Å². The summed E-state index contributed by atoms with van der Waals surface area (Å²) < 4.78 is 5.78. The highest BCUT2D eigenvalue weighted by Gasteiger charge is 2.12. The van der Waals surface area contributed by atoms with Crippen molar-refractivity contribution in [3.05, 3.63) is 29.3 Å². The number of nitrogens with zero attached hydrogens (tertiary/aromatic N) is 1. The number of aliphatic carboxylic acids is 1. The molecule has 0 aromatic heterocycles. The van der Waals surface area contributed by atoms with Crippen molar-refractivity contribution in [1.82, 2.24) is 4.90 Å². The smallest absolute Gasteiger partial charge is 0.317 e. The lowest BCUT2D eigenvalue weighted by Gasteiger charge is -2.24.